The maximum atomic E-state index is 5.16. The van der Waals surface area contributed by atoms with Gasteiger partial charge >= 0.3 is 0 Å². The molecule has 84 valence electrons. The predicted octanol–water partition coefficient (Wildman–Crippen LogP) is 3.40. The molecular formula is C12H13BrN2O. The largest absolute Gasteiger partial charge is 0.497 e. The Hall–Kier alpha value is -1.42. The van der Waals surface area contributed by atoms with Crippen molar-refractivity contribution in [3.05, 3.63) is 46.7 Å². The van der Waals surface area contributed by atoms with E-state index in [-0.39, 0.29) is 0 Å². The average molecular weight is 281 g/mol. The molecular weight excluding hydrogens is 268 g/mol. The van der Waals surface area contributed by atoms with Gasteiger partial charge in [0.15, 0.2) is 0 Å². The molecule has 0 aliphatic heterocycles. The third-order valence-corrected chi connectivity index (χ3v) is 2.73. The number of anilines is 1. The number of H-pyrrole nitrogens is 1. The van der Waals surface area contributed by atoms with Crippen LogP contribution in [-0.4, -0.2) is 12.1 Å². The van der Waals surface area contributed by atoms with E-state index in [9.17, 15) is 0 Å². The van der Waals surface area contributed by atoms with E-state index in [0.29, 0.717) is 0 Å². The van der Waals surface area contributed by atoms with Crippen molar-refractivity contribution in [3.63, 3.8) is 0 Å². The lowest BCUT2D eigenvalue weighted by Gasteiger charge is -2.06. The number of methoxy groups -OCH3 is 1. The number of hydrogen-bond donors (Lipinski definition) is 2. The quantitative estimate of drug-likeness (QED) is 0.901. The molecule has 0 radical (unpaired) electrons. The first-order chi connectivity index (χ1) is 7.78. The summed E-state index contributed by atoms with van der Waals surface area (Å²) < 4.78 is 6.15. The Morgan fingerprint density at radius 1 is 1.31 bits per heavy atom. The molecule has 3 nitrogen and oxygen atoms in total. The summed E-state index contributed by atoms with van der Waals surface area (Å²) in [4.78, 5) is 3.20. The predicted molar refractivity (Wildman–Crippen MR) is 68.8 cm³/mol. The van der Waals surface area contributed by atoms with Gasteiger partial charge in [0.2, 0.25) is 0 Å². The smallest absolute Gasteiger partial charge is 0.120 e. The van der Waals surface area contributed by atoms with Gasteiger partial charge in [-0.1, -0.05) is 6.07 Å². The van der Waals surface area contributed by atoms with Crippen LogP contribution in [0.5, 0.6) is 5.75 Å². The first-order valence-electron chi connectivity index (χ1n) is 4.99. The van der Waals surface area contributed by atoms with Crippen molar-refractivity contribution in [1.29, 1.82) is 0 Å². The summed E-state index contributed by atoms with van der Waals surface area (Å²) in [7, 11) is 1.67. The fourth-order valence-corrected chi connectivity index (χ4v) is 1.83. The second-order valence-electron chi connectivity index (χ2n) is 3.42. The van der Waals surface area contributed by atoms with Crippen LogP contribution < -0.4 is 10.1 Å². The van der Waals surface area contributed by atoms with Crippen LogP contribution in [0.3, 0.4) is 0 Å². The highest BCUT2D eigenvalue weighted by molar-refractivity contribution is 9.10. The Bertz CT molecular complexity index is 468. The van der Waals surface area contributed by atoms with Gasteiger partial charge in [0.25, 0.3) is 0 Å². The molecule has 0 unspecified atom stereocenters. The normalized spacial score (nSPS) is 10.1. The zero-order chi connectivity index (χ0) is 11.4. The third-order valence-electron chi connectivity index (χ3n) is 2.26. The van der Waals surface area contributed by atoms with E-state index < -0.39 is 0 Å². The van der Waals surface area contributed by atoms with Crippen molar-refractivity contribution in [2.45, 2.75) is 6.54 Å². The zero-order valence-corrected chi connectivity index (χ0v) is 10.5. The molecule has 0 atom stereocenters. The molecule has 0 saturated heterocycles. The molecule has 0 fully saturated rings. The summed E-state index contributed by atoms with van der Waals surface area (Å²) in [5, 5.41) is 3.32. The second-order valence-corrected chi connectivity index (χ2v) is 4.27. The highest BCUT2D eigenvalue weighted by Crippen LogP contribution is 2.17. The highest BCUT2D eigenvalue weighted by atomic mass is 79.9. The van der Waals surface area contributed by atoms with E-state index in [4.69, 9.17) is 4.74 Å². The van der Waals surface area contributed by atoms with Gasteiger partial charge in [0, 0.05) is 17.4 Å². The van der Waals surface area contributed by atoms with E-state index in [1.54, 1.807) is 7.11 Å². The SMILES string of the molecule is COc1cccc(NCc2ccc(Br)[nH]2)c1. The van der Waals surface area contributed by atoms with Crippen molar-refractivity contribution < 1.29 is 4.74 Å². The number of hydrogen-bond acceptors (Lipinski definition) is 2. The van der Waals surface area contributed by atoms with Crippen LogP contribution >= 0.6 is 15.9 Å². The Morgan fingerprint density at radius 3 is 2.88 bits per heavy atom. The minimum absolute atomic E-state index is 0.763. The average Bonchev–Trinajstić information content (AvgIpc) is 2.73. The number of ether oxygens (including phenoxy) is 1. The third kappa shape index (κ3) is 2.79. The lowest BCUT2D eigenvalue weighted by molar-refractivity contribution is 0.415. The van der Waals surface area contributed by atoms with Gasteiger partial charge in [-0.25, -0.2) is 0 Å². The van der Waals surface area contributed by atoms with Gasteiger partial charge < -0.3 is 15.0 Å². The number of aromatic nitrogens is 1. The molecule has 0 spiro atoms. The monoisotopic (exact) mass is 280 g/mol. The zero-order valence-electron chi connectivity index (χ0n) is 8.96. The van der Waals surface area contributed by atoms with Gasteiger partial charge in [-0.05, 0) is 40.2 Å². The van der Waals surface area contributed by atoms with Gasteiger partial charge in [-0.15, -0.1) is 0 Å². The molecule has 2 N–H and O–H groups in total. The Balaban J connectivity index is 1.99. The lowest BCUT2D eigenvalue weighted by atomic mass is 10.3. The first kappa shape index (κ1) is 11.1. The van der Waals surface area contributed by atoms with E-state index in [2.05, 4.69) is 26.2 Å². The first-order valence-corrected chi connectivity index (χ1v) is 5.78. The summed E-state index contributed by atoms with van der Waals surface area (Å²) in [6.07, 6.45) is 0. The summed E-state index contributed by atoms with van der Waals surface area (Å²) in [6.45, 7) is 0.763. The number of nitrogens with one attached hydrogen (secondary N) is 2. The van der Waals surface area contributed by atoms with Crippen LogP contribution in [0.2, 0.25) is 0 Å². The fraction of sp³-hybridized carbons (Fsp3) is 0.167. The second kappa shape index (κ2) is 5.07. The molecule has 0 aliphatic rings. The van der Waals surface area contributed by atoms with Crippen LogP contribution in [0.15, 0.2) is 41.0 Å². The van der Waals surface area contributed by atoms with Crippen molar-refractivity contribution in [1.82, 2.24) is 4.98 Å². The van der Waals surface area contributed by atoms with Crippen LogP contribution in [0, 0.1) is 0 Å². The molecule has 1 aromatic carbocycles. The van der Waals surface area contributed by atoms with Crippen LogP contribution in [0.1, 0.15) is 5.69 Å². The molecule has 0 aliphatic carbocycles. The summed E-state index contributed by atoms with van der Waals surface area (Å²) >= 11 is 3.38. The minimum Gasteiger partial charge on any atom is -0.497 e. The maximum absolute atomic E-state index is 5.16. The molecule has 1 heterocycles. The summed E-state index contributed by atoms with van der Waals surface area (Å²) in [5.41, 5.74) is 2.18. The van der Waals surface area contributed by atoms with Crippen LogP contribution in [0.25, 0.3) is 0 Å². The van der Waals surface area contributed by atoms with E-state index in [0.717, 1.165) is 28.3 Å². The van der Waals surface area contributed by atoms with Gasteiger partial charge in [0.05, 0.1) is 18.3 Å². The number of halogens is 1. The maximum Gasteiger partial charge on any atom is 0.120 e. The molecule has 1 aromatic heterocycles. The van der Waals surface area contributed by atoms with Gasteiger partial charge in [0.1, 0.15) is 5.75 Å². The fourth-order valence-electron chi connectivity index (χ4n) is 1.44. The topological polar surface area (TPSA) is 37.0 Å². The van der Waals surface area contributed by atoms with Gasteiger partial charge in [-0.2, -0.15) is 0 Å². The summed E-state index contributed by atoms with van der Waals surface area (Å²) in [5.74, 6) is 0.859. The van der Waals surface area contributed by atoms with Crippen molar-refractivity contribution in [2.75, 3.05) is 12.4 Å². The Morgan fingerprint density at radius 2 is 2.19 bits per heavy atom. The molecule has 0 amide bonds. The molecule has 0 bridgehead atoms. The van der Waals surface area contributed by atoms with Crippen LogP contribution in [-0.2, 0) is 6.54 Å². The number of aromatic amines is 1. The molecule has 4 heteroatoms. The van der Waals surface area contributed by atoms with Gasteiger partial charge in [-0.3, -0.25) is 0 Å². The van der Waals surface area contributed by atoms with Crippen molar-refractivity contribution in [2.24, 2.45) is 0 Å². The lowest BCUT2D eigenvalue weighted by Crippen LogP contribution is -1.99. The Labute approximate surface area is 103 Å². The standard InChI is InChI=1S/C12H13BrN2O/c1-16-11-4-2-3-9(7-11)14-8-10-5-6-12(13)15-10/h2-7,14-15H,8H2,1H3. The van der Waals surface area contributed by atoms with E-state index in [1.807, 2.05) is 36.4 Å². The number of benzene rings is 1. The Kier molecular flexibility index (Phi) is 3.51. The molecule has 2 rings (SSSR count). The van der Waals surface area contributed by atoms with Crippen LogP contribution in [0.4, 0.5) is 5.69 Å². The summed E-state index contributed by atoms with van der Waals surface area (Å²) in [6, 6.07) is 11.9. The minimum atomic E-state index is 0.763. The van der Waals surface area contributed by atoms with Crippen molar-refractivity contribution in [3.8, 4) is 5.75 Å². The molecule has 16 heavy (non-hydrogen) atoms. The van der Waals surface area contributed by atoms with E-state index in [1.165, 1.54) is 0 Å². The number of rotatable bonds is 4. The molecule has 2 aromatic rings. The van der Waals surface area contributed by atoms with Crippen molar-refractivity contribution >= 4 is 21.6 Å². The van der Waals surface area contributed by atoms with E-state index >= 15 is 0 Å². The molecule has 0 saturated carbocycles. The highest BCUT2D eigenvalue weighted by Gasteiger charge is 1.97.